The Morgan fingerprint density at radius 1 is 0.929 bits per heavy atom. The molecule has 4 nitrogen and oxygen atoms in total. The van der Waals surface area contributed by atoms with Crippen molar-refractivity contribution < 1.29 is 18.8 Å². The van der Waals surface area contributed by atoms with Crippen molar-refractivity contribution in [2.75, 3.05) is 7.11 Å². The van der Waals surface area contributed by atoms with Crippen molar-refractivity contribution in [3.8, 4) is 5.75 Å². The van der Waals surface area contributed by atoms with Gasteiger partial charge in [-0.05, 0) is 31.2 Å². The van der Waals surface area contributed by atoms with Gasteiger partial charge in [-0.3, -0.25) is 0 Å². The van der Waals surface area contributed by atoms with Crippen molar-refractivity contribution in [1.29, 1.82) is 0 Å². The number of rotatable bonds is 5. The molecule has 3 aromatic rings. The van der Waals surface area contributed by atoms with Crippen molar-refractivity contribution in [2.45, 2.75) is 19.5 Å². The number of carbonyl (C=O) groups is 1. The second-order valence-corrected chi connectivity index (χ2v) is 6.88. The minimum atomic E-state index is -0.474. The molecule has 0 fully saturated rings. The molecule has 1 atom stereocenters. The van der Waals surface area contributed by atoms with E-state index < -0.39 is 6.04 Å². The van der Waals surface area contributed by atoms with Crippen LogP contribution in [0, 0.1) is 6.92 Å². The Labute approximate surface area is 164 Å². The van der Waals surface area contributed by atoms with Gasteiger partial charge in [-0.2, -0.15) is 4.58 Å². The Kier molecular flexibility index (Phi) is 4.94. The minimum absolute atomic E-state index is 0.259. The predicted molar refractivity (Wildman–Crippen MR) is 108 cm³/mol. The van der Waals surface area contributed by atoms with Crippen LogP contribution in [0.15, 0.2) is 78.9 Å². The van der Waals surface area contributed by atoms with Crippen molar-refractivity contribution in [3.05, 3.63) is 101 Å². The molecule has 0 saturated carbocycles. The zero-order valence-corrected chi connectivity index (χ0v) is 16.0. The highest BCUT2D eigenvalue weighted by Gasteiger charge is 2.45. The van der Waals surface area contributed by atoms with E-state index in [4.69, 9.17) is 9.47 Å². The quantitative estimate of drug-likeness (QED) is 0.496. The van der Waals surface area contributed by atoms with Crippen LogP contribution in [0.5, 0.6) is 5.75 Å². The lowest BCUT2D eigenvalue weighted by Crippen LogP contribution is -2.22. The van der Waals surface area contributed by atoms with Crippen molar-refractivity contribution in [3.63, 3.8) is 0 Å². The Hall–Kier alpha value is -3.40. The van der Waals surface area contributed by atoms with Crippen LogP contribution in [0.25, 0.3) is 0 Å². The van der Waals surface area contributed by atoms with E-state index >= 15 is 0 Å². The Bertz CT molecular complexity index is 1010. The first-order valence-electron chi connectivity index (χ1n) is 9.26. The van der Waals surface area contributed by atoms with Crippen molar-refractivity contribution in [1.82, 2.24) is 0 Å². The topological polar surface area (TPSA) is 38.5 Å². The Balaban J connectivity index is 1.81. The molecule has 3 aromatic carbocycles. The van der Waals surface area contributed by atoms with Crippen LogP contribution in [0.3, 0.4) is 0 Å². The van der Waals surface area contributed by atoms with E-state index in [0.717, 1.165) is 28.0 Å². The normalized spacial score (nSPS) is 16.2. The molecule has 4 rings (SSSR count). The lowest BCUT2D eigenvalue weighted by Gasteiger charge is -2.09. The van der Waals surface area contributed by atoms with Gasteiger partial charge in [0.2, 0.25) is 0 Å². The maximum Gasteiger partial charge on any atom is 0.390 e. The summed E-state index contributed by atoms with van der Waals surface area (Å²) >= 11 is 0. The molecule has 4 heteroatoms. The van der Waals surface area contributed by atoms with Gasteiger partial charge in [0.25, 0.3) is 6.04 Å². The molecule has 0 amide bonds. The zero-order chi connectivity index (χ0) is 19.5. The Morgan fingerprint density at radius 2 is 1.61 bits per heavy atom. The van der Waals surface area contributed by atoms with E-state index in [1.165, 1.54) is 0 Å². The lowest BCUT2D eigenvalue weighted by molar-refractivity contribution is -0.569. The number of ether oxygens (including phenoxy) is 2. The van der Waals surface area contributed by atoms with E-state index in [9.17, 15) is 4.79 Å². The highest BCUT2D eigenvalue weighted by molar-refractivity contribution is 6.01. The molecule has 1 aliphatic heterocycles. The Morgan fingerprint density at radius 3 is 2.25 bits per heavy atom. The average molecular weight is 372 g/mol. The molecule has 0 bridgehead atoms. The first-order chi connectivity index (χ1) is 13.7. The van der Waals surface area contributed by atoms with Crippen LogP contribution in [-0.4, -0.2) is 23.6 Å². The van der Waals surface area contributed by atoms with Gasteiger partial charge in [0, 0.05) is 11.1 Å². The second-order valence-electron chi connectivity index (χ2n) is 6.88. The summed E-state index contributed by atoms with van der Waals surface area (Å²) in [6.45, 7) is 2.61. The molecule has 0 spiro atoms. The maximum absolute atomic E-state index is 12.9. The summed E-state index contributed by atoms with van der Waals surface area (Å²) in [5.41, 5.74) is 4.04. The number of cyclic esters (lactones) is 1. The second kappa shape index (κ2) is 7.69. The molecule has 1 aliphatic rings. The number of esters is 1. The number of aryl methyl sites for hydroxylation is 1. The van der Waals surface area contributed by atoms with Crippen LogP contribution >= 0.6 is 0 Å². The van der Waals surface area contributed by atoms with Crippen molar-refractivity contribution in [2.24, 2.45) is 0 Å². The predicted octanol–water partition coefficient (Wildman–Crippen LogP) is 4.26. The summed E-state index contributed by atoms with van der Waals surface area (Å²) in [4.78, 5) is 12.9. The van der Waals surface area contributed by atoms with Crippen molar-refractivity contribution >= 4 is 11.9 Å². The fourth-order valence-electron chi connectivity index (χ4n) is 3.42. The van der Waals surface area contributed by atoms with Crippen LogP contribution in [0.2, 0.25) is 0 Å². The highest BCUT2D eigenvalue weighted by atomic mass is 16.6. The molecule has 0 saturated heterocycles. The molecule has 28 heavy (non-hydrogen) atoms. The third kappa shape index (κ3) is 3.54. The van der Waals surface area contributed by atoms with Gasteiger partial charge >= 0.3 is 11.9 Å². The molecule has 140 valence electrons. The molecule has 0 aromatic heterocycles. The van der Waals surface area contributed by atoms with Crippen LogP contribution in [-0.2, 0) is 16.1 Å². The molecular weight excluding hydrogens is 350 g/mol. The summed E-state index contributed by atoms with van der Waals surface area (Å²) < 4.78 is 13.0. The first kappa shape index (κ1) is 18.0. The number of methoxy groups -OCH3 is 1. The van der Waals surface area contributed by atoms with E-state index in [2.05, 4.69) is 12.1 Å². The smallest absolute Gasteiger partial charge is 0.390 e. The summed E-state index contributed by atoms with van der Waals surface area (Å²) in [6.07, 6.45) is 0. The molecule has 0 aliphatic carbocycles. The molecule has 1 unspecified atom stereocenters. The summed E-state index contributed by atoms with van der Waals surface area (Å²) in [7, 11) is 1.63. The van der Waals surface area contributed by atoms with Gasteiger partial charge in [0.15, 0.2) is 6.54 Å². The van der Waals surface area contributed by atoms with Crippen LogP contribution < -0.4 is 4.74 Å². The van der Waals surface area contributed by atoms with Gasteiger partial charge in [0.1, 0.15) is 5.75 Å². The number of nitrogens with zero attached hydrogens (tertiary/aromatic N) is 1. The van der Waals surface area contributed by atoms with Crippen LogP contribution in [0.1, 0.15) is 28.3 Å². The fraction of sp³-hybridized carbons (Fsp3) is 0.167. The third-order valence-corrected chi connectivity index (χ3v) is 4.92. The number of hydrogen-bond acceptors (Lipinski definition) is 3. The van der Waals surface area contributed by atoms with Gasteiger partial charge in [-0.15, -0.1) is 0 Å². The largest absolute Gasteiger partial charge is 0.497 e. The van der Waals surface area contributed by atoms with Gasteiger partial charge < -0.3 is 9.47 Å². The highest BCUT2D eigenvalue weighted by Crippen LogP contribution is 2.28. The summed E-state index contributed by atoms with van der Waals surface area (Å²) in [5, 5.41) is 0. The standard InChI is InChI=1S/C24H22NO3/c1-17-8-10-19(11-9-17)22-24(26)28-23(20-12-14-21(27-2)15-13-20)25(22)16-18-6-4-3-5-7-18/h3-15,22H,16H2,1-2H3/q+1. The number of benzene rings is 3. The SMILES string of the molecule is COc1ccc(C2=[N+](Cc3ccccc3)C(c3ccc(C)cc3)C(=O)O2)cc1. The molecular formula is C24H22NO3+. The van der Waals surface area contributed by atoms with Crippen LogP contribution in [0.4, 0.5) is 0 Å². The van der Waals surface area contributed by atoms with E-state index in [1.54, 1.807) is 7.11 Å². The third-order valence-electron chi connectivity index (χ3n) is 4.92. The molecule has 1 heterocycles. The molecule has 0 radical (unpaired) electrons. The molecule has 0 N–H and O–H groups in total. The summed E-state index contributed by atoms with van der Waals surface area (Å²) in [5.74, 6) is 1.08. The first-order valence-corrected chi connectivity index (χ1v) is 9.26. The summed E-state index contributed by atoms with van der Waals surface area (Å²) in [6, 6.07) is 25.2. The fourth-order valence-corrected chi connectivity index (χ4v) is 3.42. The van der Waals surface area contributed by atoms with Gasteiger partial charge in [0.05, 0.1) is 12.7 Å². The number of hydrogen-bond donors (Lipinski definition) is 0. The zero-order valence-electron chi connectivity index (χ0n) is 16.0. The van der Waals surface area contributed by atoms with E-state index in [1.807, 2.05) is 78.2 Å². The van der Waals surface area contributed by atoms with Gasteiger partial charge in [-0.25, -0.2) is 4.79 Å². The monoisotopic (exact) mass is 372 g/mol. The lowest BCUT2D eigenvalue weighted by atomic mass is 10.0. The van der Waals surface area contributed by atoms with Gasteiger partial charge in [-0.1, -0.05) is 60.2 Å². The number of carbonyl (C=O) groups excluding carboxylic acids is 1. The average Bonchev–Trinajstić information content (AvgIpc) is 3.05. The van der Waals surface area contributed by atoms with E-state index in [-0.39, 0.29) is 5.97 Å². The minimum Gasteiger partial charge on any atom is -0.497 e. The maximum atomic E-state index is 12.9. The van der Waals surface area contributed by atoms with E-state index in [0.29, 0.717) is 12.4 Å².